The van der Waals surface area contributed by atoms with E-state index in [0.29, 0.717) is 11.3 Å². The molecule has 0 spiro atoms. The van der Waals surface area contributed by atoms with Crippen molar-refractivity contribution < 1.29 is 18.1 Å². The van der Waals surface area contributed by atoms with Crippen LogP contribution in [0.15, 0.2) is 59.5 Å². The van der Waals surface area contributed by atoms with E-state index in [9.17, 15) is 23.3 Å². The molecule has 24 heavy (non-hydrogen) atoms. The number of non-ortho nitro benzene ring substituents is 1. The number of sulfone groups is 1. The maximum Gasteiger partial charge on any atom is 0.269 e. The highest BCUT2D eigenvalue weighted by Crippen LogP contribution is 2.15. The Hall–Kier alpha value is -3.00. The summed E-state index contributed by atoms with van der Waals surface area (Å²) in [6.45, 7) is 0. The van der Waals surface area contributed by atoms with E-state index >= 15 is 0 Å². The van der Waals surface area contributed by atoms with Crippen molar-refractivity contribution in [1.29, 1.82) is 0 Å². The third-order valence-corrected chi connectivity index (χ3v) is 4.21. The summed E-state index contributed by atoms with van der Waals surface area (Å²) in [5, 5.41) is 13.1. The Morgan fingerprint density at radius 2 is 1.67 bits per heavy atom. The summed E-state index contributed by atoms with van der Waals surface area (Å²) >= 11 is 0. The molecule has 124 valence electrons. The average Bonchev–Trinajstić information content (AvgIpc) is 2.53. The second-order valence-electron chi connectivity index (χ2n) is 4.97. The second-order valence-corrected chi connectivity index (χ2v) is 6.98. The summed E-state index contributed by atoms with van der Waals surface area (Å²) in [7, 11) is -3.28. The van der Waals surface area contributed by atoms with Gasteiger partial charge < -0.3 is 5.32 Å². The van der Waals surface area contributed by atoms with Crippen molar-refractivity contribution in [3.8, 4) is 0 Å². The number of amides is 1. The van der Waals surface area contributed by atoms with Crippen LogP contribution in [0.3, 0.4) is 0 Å². The minimum absolute atomic E-state index is 0.0254. The number of hydrogen-bond donors (Lipinski definition) is 1. The Kier molecular flexibility index (Phi) is 5.10. The molecule has 2 aromatic carbocycles. The van der Waals surface area contributed by atoms with E-state index < -0.39 is 20.7 Å². The minimum Gasteiger partial charge on any atom is -0.323 e. The molecule has 0 aliphatic heterocycles. The number of carbonyl (C=O) groups is 1. The standard InChI is InChI=1S/C16H14N2O5S/c1-24(22,23)15-9-5-13(6-10-15)17-16(19)11-4-12-2-7-14(8-3-12)18(20)21/h2-11H,1H3,(H,17,19)/b11-4+. The van der Waals surface area contributed by atoms with Gasteiger partial charge in [-0.15, -0.1) is 0 Å². The molecule has 0 fully saturated rings. The fourth-order valence-electron chi connectivity index (χ4n) is 1.85. The first-order valence-electron chi connectivity index (χ1n) is 6.79. The molecule has 0 saturated heterocycles. The molecule has 0 heterocycles. The number of nitrogens with one attached hydrogen (secondary N) is 1. The number of anilines is 1. The second kappa shape index (κ2) is 7.05. The molecular formula is C16H14N2O5S. The normalized spacial score (nSPS) is 11.4. The van der Waals surface area contributed by atoms with Gasteiger partial charge in [0.15, 0.2) is 9.84 Å². The van der Waals surface area contributed by atoms with Crippen molar-refractivity contribution in [2.75, 3.05) is 11.6 Å². The fourth-order valence-corrected chi connectivity index (χ4v) is 2.48. The van der Waals surface area contributed by atoms with Gasteiger partial charge in [0.1, 0.15) is 0 Å². The first-order chi connectivity index (χ1) is 11.3. The Bertz CT molecular complexity index is 885. The number of nitrogens with zero attached hydrogens (tertiary/aromatic N) is 1. The van der Waals surface area contributed by atoms with Gasteiger partial charge >= 0.3 is 0 Å². The zero-order valence-electron chi connectivity index (χ0n) is 12.7. The highest BCUT2D eigenvalue weighted by molar-refractivity contribution is 7.90. The van der Waals surface area contributed by atoms with Crippen LogP contribution in [0.5, 0.6) is 0 Å². The lowest BCUT2D eigenvalue weighted by Crippen LogP contribution is -2.08. The van der Waals surface area contributed by atoms with Crippen molar-refractivity contribution >= 4 is 33.2 Å². The average molecular weight is 346 g/mol. The highest BCUT2D eigenvalue weighted by atomic mass is 32.2. The Labute approximate surface area is 138 Å². The van der Waals surface area contributed by atoms with Crippen LogP contribution in [0.25, 0.3) is 6.08 Å². The molecule has 0 aliphatic rings. The number of hydrogen-bond acceptors (Lipinski definition) is 5. The van der Waals surface area contributed by atoms with E-state index in [1.807, 2.05) is 0 Å². The third kappa shape index (κ3) is 4.75. The largest absolute Gasteiger partial charge is 0.323 e. The summed E-state index contributed by atoms with van der Waals surface area (Å²) in [6.07, 6.45) is 3.91. The van der Waals surface area contributed by atoms with Crippen LogP contribution in [0, 0.1) is 10.1 Å². The Balaban J connectivity index is 2.01. The van der Waals surface area contributed by atoms with Gasteiger partial charge in [-0.05, 0) is 48.0 Å². The zero-order valence-corrected chi connectivity index (χ0v) is 13.5. The van der Waals surface area contributed by atoms with E-state index in [2.05, 4.69) is 5.32 Å². The molecule has 2 rings (SSSR count). The first kappa shape index (κ1) is 17.4. The van der Waals surface area contributed by atoms with Crippen molar-refractivity contribution in [1.82, 2.24) is 0 Å². The number of benzene rings is 2. The summed E-state index contributed by atoms with van der Waals surface area (Å²) < 4.78 is 22.7. The van der Waals surface area contributed by atoms with Gasteiger partial charge in [0, 0.05) is 30.2 Å². The molecule has 0 radical (unpaired) electrons. The predicted octanol–water partition coefficient (Wildman–Crippen LogP) is 2.65. The molecule has 8 heteroatoms. The fraction of sp³-hybridized carbons (Fsp3) is 0.0625. The lowest BCUT2D eigenvalue weighted by molar-refractivity contribution is -0.384. The number of carbonyl (C=O) groups excluding carboxylic acids is 1. The number of nitro groups is 1. The van der Waals surface area contributed by atoms with Gasteiger partial charge in [0.05, 0.1) is 9.82 Å². The van der Waals surface area contributed by atoms with Crippen LogP contribution in [-0.4, -0.2) is 25.5 Å². The smallest absolute Gasteiger partial charge is 0.269 e. The summed E-state index contributed by atoms with van der Waals surface area (Å²) in [5.41, 5.74) is 1.08. The van der Waals surface area contributed by atoms with Crippen LogP contribution in [0.2, 0.25) is 0 Å². The molecule has 0 saturated carbocycles. The minimum atomic E-state index is -3.28. The lowest BCUT2D eigenvalue weighted by Gasteiger charge is -2.03. The van der Waals surface area contributed by atoms with Gasteiger partial charge in [0.25, 0.3) is 5.69 Å². The maximum absolute atomic E-state index is 11.8. The van der Waals surface area contributed by atoms with Crippen molar-refractivity contribution in [3.63, 3.8) is 0 Å². The molecule has 0 bridgehead atoms. The molecule has 1 amide bonds. The van der Waals surface area contributed by atoms with Gasteiger partial charge in [-0.1, -0.05) is 0 Å². The van der Waals surface area contributed by atoms with Crippen LogP contribution in [0.4, 0.5) is 11.4 Å². The third-order valence-electron chi connectivity index (χ3n) is 3.08. The van der Waals surface area contributed by atoms with Crippen LogP contribution < -0.4 is 5.32 Å². The zero-order chi connectivity index (χ0) is 17.7. The molecule has 0 atom stereocenters. The predicted molar refractivity (Wildman–Crippen MR) is 90.3 cm³/mol. The number of nitro benzene ring substituents is 1. The molecular weight excluding hydrogens is 332 g/mol. The van der Waals surface area contributed by atoms with Crippen molar-refractivity contribution in [3.05, 3.63) is 70.3 Å². The van der Waals surface area contributed by atoms with E-state index in [1.54, 1.807) is 0 Å². The van der Waals surface area contributed by atoms with Gasteiger partial charge in [0.2, 0.25) is 5.91 Å². The summed E-state index contributed by atoms with van der Waals surface area (Å²) in [4.78, 5) is 22.0. The van der Waals surface area contributed by atoms with E-state index in [0.717, 1.165) is 6.26 Å². The maximum atomic E-state index is 11.8. The topological polar surface area (TPSA) is 106 Å². The summed E-state index contributed by atoms with van der Waals surface area (Å²) in [6, 6.07) is 11.6. The van der Waals surface area contributed by atoms with Crippen LogP contribution >= 0.6 is 0 Å². The first-order valence-corrected chi connectivity index (χ1v) is 8.68. The molecule has 0 aromatic heterocycles. The lowest BCUT2D eigenvalue weighted by atomic mass is 10.2. The van der Waals surface area contributed by atoms with Crippen molar-refractivity contribution in [2.45, 2.75) is 4.90 Å². The molecule has 2 aromatic rings. The van der Waals surface area contributed by atoms with E-state index in [4.69, 9.17) is 0 Å². The van der Waals surface area contributed by atoms with Crippen LogP contribution in [-0.2, 0) is 14.6 Å². The molecule has 7 nitrogen and oxygen atoms in total. The van der Waals surface area contributed by atoms with Gasteiger partial charge in [-0.2, -0.15) is 0 Å². The molecule has 0 aliphatic carbocycles. The quantitative estimate of drug-likeness (QED) is 0.509. The van der Waals surface area contributed by atoms with Crippen LogP contribution in [0.1, 0.15) is 5.56 Å². The highest BCUT2D eigenvalue weighted by Gasteiger charge is 2.07. The SMILES string of the molecule is CS(=O)(=O)c1ccc(NC(=O)/C=C/c2ccc([N+](=O)[O-])cc2)cc1. The van der Waals surface area contributed by atoms with Gasteiger partial charge in [-0.25, -0.2) is 8.42 Å². The molecule has 1 N–H and O–H groups in total. The monoisotopic (exact) mass is 346 g/mol. The summed E-state index contributed by atoms with van der Waals surface area (Å²) in [5.74, 6) is -0.402. The van der Waals surface area contributed by atoms with Gasteiger partial charge in [-0.3, -0.25) is 14.9 Å². The van der Waals surface area contributed by atoms with E-state index in [-0.39, 0.29) is 10.6 Å². The number of rotatable bonds is 5. The Morgan fingerprint density at radius 1 is 1.08 bits per heavy atom. The van der Waals surface area contributed by atoms with Crippen molar-refractivity contribution in [2.24, 2.45) is 0 Å². The molecule has 0 unspecified atom stereocenters. The Morgan fingerprint density at radius 3 is 2.17 bits per heavy atom. The van der Waals surface area contributed by atoms with E-state index in [1.165, 1.54) is 60.7 Å².